The smallest absolute Gasteiger partial charge is 0.165 e. The van der Waals surface area contributed by atoms with E-state index in [1.54, 1.807) is 12.1 Å². The fraction of sp³-hybridized carbons (Fsp3) is 0.364. The van der Waals surface area contributed by atoms with Gasteiger partial charge < -0.3 is 5.11 Å². The van der Waals surface area contributed by atoms with Gasteiger partial charge in [-0.1, -0.05) is 13.8 Å². The first-order valence-electron chi connectivity index (χ1n) is 4.48. The normalized spacial score (nSPS) is 12.5. The van der Waals surface area contributed by atoms with Crippen LogP contribution in [-0.2, 0) is 0 Å². The monoisotopic (exact) mass is 178 g/mol. The van der Waals surface area contributed by atoms with Gasteiger partial charge in [-0.2, -0.15) is 0 Å². The molecule has 0 aromatic heterocycles. The molecule has 0 spiro atoms. The Labute approximate surface area is 78.2 Å². The van der Waals surface area contributed by atoms with Crippen LogP contribution in [0.3, 0.4) is 0 Å². The number of rotatable bonds is 3. The summed E-state index contributed by atoms with van der Waals surface area (Å²) in [5.41, 5.74) is 0.673. The zero-order valence-corrected chi connectivity index (χ0v) is 7.95. The standard InChI is InChI=1S/C11H14O2/c1-3-8(2)11(13)9-4-6-10(12)7-5-9/h4-8,12H,3H2,1-2H3/t8-/m0/s1. The predicted octanol–water partition coefficient (Wildman–Crippen LogP) is 2.62. The molecule has 0 heterocycles. The van der Waals surface area contributed by atoms with Crippen molar-refractivity contribution < 1.29 is 9.90 Å². The lowest BCUT2D eigenvalue weighted by Crippen LogP contribution is -2.09. The fourth-order valence-electron chi connectivity index (χ4n) is 1.10. The van der Waals surface area contributed by atoms with Crippen LogP contribution in [0.25, 0.3) is 0 Å². The molecule has 0 saturated heterocycles. The van der Waals surface area contributed by atoms with E-state index >= 15 is 0 Å². The van der Waals surface area contributed by atoms with E-state index in [-0.39, 0.29) is 17.5 Å². The van der Waals surface area contributed by atoms with Crippen molar-refractivity contribution in [1.82, 2.24) is 0 Å². The maximum atomic E-state index is 11.6. The molecule has 0 bridgehead atoms. The van der Waals surface area contributed by atoms with E-state index in [0.717, 1.165) is 6.42 Å². The fourth-order valence-corrected chi connectivity index (χ4v) is 1.10. The number of carbonyl (C=O) groups excluding carboxylic acids is 1. The molecule has 2 nitrogen and oxygen atoms in total. The number of benzene rings is 1. The Morgan fingerprint density at radius 2 is 1.92 bits per heavy atom. The summed E-state index contributed by atoms with van der Waals surface area (Å²) >= 11 is 0. The Hall–Kier alpha value is -1.31. The summed E-state index contributed by atoms with van der Waals surface area (Å²) in [6.07, 6.45) is 0.847. The summed E-state index contributed by atoms with van der Waals surface area (Å²) < 4.78 is 0. The summed E-state index contributed by atoms with van der Waals surface area (Å²) in [6, 6.07) is 6.39. The zero-order valence-electron chi connectivity index (χ0n) is 7.95. The molecule has 0 radical (unpaired) electrons. The highest BCUT2D eigenvalue weighted by Crippen LogP contribution is 2.15. The van der Waals surface area contributed by atoms with E-state index in [9.17, 15) is 4.79 Å². The van der Waals surface area contributed by atoms with Crippen molar-refractivity contribution in [2.45, 2.75) is 20.3 Å². The van der Waals surface area contributed by atoms with E-state index < -0.39 is 0 Å². The van der Waals surface area contributed by atoms with E-state index in [1.807, 2.05) is 13.8 Å². The third-order valence-corrected chi connectivity index (χ3v) is 2.21. The molecule has 0 aliphatic heterocycles. The van der Waals surface area contributed by atoms with Gasteiger partial charge in [0.05, 0.1) is 0 Å². The maximum absolute atomic E-state index is 11.6. The molecule has 1 atom stereocenters. The number of Topliss-reactive ketones (excluding diaryl/α,β-unsaturated/α-hetero) is 1. The van der Waals surface area contributed by atoms with Crippen molar-refractivity contribution in [2.24, 2.45) is 5.92 Å². The molecule has 70 valence electrons. The van der Waals surface area contributed by atoms with Crippen molar-refractivity contribution in [1.29, 1.82) is 0 Å². The average molecular weight is 178 g/mol. The summed E-state index contributed by atoms with van der Waals surface area (Å²) in [4.78, 5) is 11.6. The number of hydrogen-bond donors (Lipinski definition) is 1. The Morgan fingerprint density at radius 1 is 1.38 bits per heavy atom. The van der Waals surface area contributed by atoms with Crippen molar-refractivity contribution in [3.8, 4) is 5.75 Å². The van der Waals surface area contributed by atoms with E-state index in [0.29, 0.717) is 5.56 Å². The van der Waals surface area contributed by atoms with Gasteiger partial charge >= 0.3 is 0 Å². The number of hydrogen-bond acceptors (Lipinski definition) is 2. The van der Waals surface area contributed by atoms with Gasteiger partial charge in [-0.3, -0.25) is 4.79 Å². The molecular formula is C11H14O2. The molecule has 0 aliphatic carbocycles. The second kappa shape index (κ2) is 4.08. The first-order valence-corrected chi connectivity index (χ1v) is 4.48. The first kappa shape index (κ1) is 9.78. The minimum absolute atomic E-state index is 0.0598. The van der Waals surface area contributed by atoms with Gasteiger partial charge in [0.25, 0.3) is 0 Å². The van der Waals surface area contributed by atoms with Crippen molar-refractivity contribution in [3.05, 3.63) is 29.8 Å². The van der Waals surface area contributed by atoms with Gasteiger partial charge in [-0.05, 0) is 30.7 Å². The minimum atomic E-state index is 0.0598. The van der Waals surface area contributed by atoms with Crippen LogP contribution >= 0.6 is 0 Å². The SMILES string of the molecule is CC[C@H](C)C(=O)c1ccc(O)cc1. The summed E-state index contributed by atoms with van der Waals surface area (Å²) in [5, 5.41) is 9.02. The number of aromatic hydroxyl groups is 1. The Morgan fingerprint density at radius 3 is 2.38 bits per heavy atom. The Bertz CT molecular complexity index is 287. The van der Waals surface area contributed by atoms with Crippen molar-refractivity contribution >= 4 is 5.78 Å². The Balaban J connectivity index is 2.83. The highest BCUT2D eigenvalue weighted by molar-refractivity contribution is 5.97. The molecule has 0 aliphatic rings. The first-order chi connectivity index (χ1) is 6.15. The lowest BCUT2D eigenvalue weighted by atomic mass is 9.97. The summed E-state index contributed by atoms with van der Waals surface area (Å²) in [7, 11) is 0. The quantitative estimate of drug-likeness (QED) is 0.722. The summed E-state index contributed by atoms with van der Waals surface area (Å²) in [5.74, 6) is 0.396. The van der Waals surface area contributed by atoms with Crippen LogP contribution in [0.2, 0.25) is 0 Å². The molecule has 0 unspecified atom stereocenters. The van der Waals surface area contributed by atoms with E-state index in [2.05, 4.69) is 0 Å². The van der Waals surface area contributed by atoms with Gasteiger partial charge in [0, 0.05) is 11.5 Å². The molecule has 0 fully saturated rings. The van der Waals surface area contributed by atoms with Gasteiger partial charge in [0.2, 0.25) is 0 Å². The molecule has 1 N–H and O–H groups in total. The largest absolute Gasteiger partial charge is 0.508 e. The predicted molar refractivity (Wildman–Crippen MR) is 51.9 cm³/mol. The molecule has 2 heteroatoms. The van der Waals surface area contributed by atoms with Crippen LogP contribution in [0.4, 0.5) is 0 Å². The molecule has 13 heavy (non-hydrogen) atoms. The lowest BCUT2D eigenvalue weighted by molar-refractivity contribution is 0.0927. The second-order valence-electron chi connectivity index (χ2n) is 3.22. The van der Waals surface area contributed by atoms with Crippen LogP contribution < -0.4 is 0 Å². The van der Waals surface area contributed by atoms with Gasteiger partial charge in [0.1, 0.15) is 5.75 Å². The lowest BCUT2D eigenvalue weighted by Gasteiger charge is -2.06. The third kappa shape index (κ3) is 2.31. The number of ketones is 1. The van der Waals surface area contributed by atoms with Crippen LogP contribution in [-0.4, -0.2) is 10.9 Å². The molecule has 1 rings (SSSR count). The highest BCUT2D eigenvalue weighted by atomic mass is 16.3. The second-order valence-corrected chi connectivity index (χ2v) is 3.22. The van der Waals surface area contributed by atoms with Gasteiger partial charge in [-0.15, -0.1) is 0 Å². The highest BCUT2D eigenvalue weighted by Gasteiger charge is 2.12. The van der Waals surface area contributed by atoms with Crippen LogP contribution in [0.5, 0.6) is 5.75 Å². The molecule has 1 aromatic rings. The van der Waals surface area contributed by atoms with Crippen molar-refractivity contribution in [3.63, 3.8) is 0 Å². The van der Waals surface area contributed by atoms with Crippen LogP contribution in [0.1, 0.15) is 30.6 Å². The number of phenols is 1. The topological polar surface area (TPSA) is 37.3 Å². The molecular weight excluding hydrogens is 164 g/mol. The van der Waals surface area contributed by atoms with Gasteiger partial charge in [-0.25, -0.2) is 0 Å². The van der Waals surface area contributed by atoms with Gasteiger partial charge in [0.15, 0.2) is 5.78 Å². The number of phenolic OH excluding ortho intramolecular Hbond substituents is 1. The zero-order chi connectivity index (χ0) is 9.84. The Kier molecular flexibility index (Phi) is 3.07. The third-order valence-electron chi connectivity index (χ3n) is 2.21. The average Bonchev–Trinajstić information content (AvgIpc) is 2.17. The van der Waals surface area contributed by atoms with Crippen LogP contribution in [0.15, 0.2) is 24.3 Å². The minimum Gasteiger partial charge on any atom is -0.508 e. The van der Waals surface area contributed by atoms with Crippen LogP contribution in [0, 0.1) is 5.92 Å². The van der Waals surface area contributed by atoms with E-state index in [1.165, 1.54) is 12.1 Å². The summed E-state index contributed by atoms with van der Waals surface area (Å²) in [6.45, 7) is 3.90. The van der Waals surface area contributed by atoms with Crippen molar-refractivity contribution in [2.75, 3.05) is 0 Å². The molecule has 0 saturated carbocycles. The maximum Gasteiger partial charge on any atom is 0.165 e. The molecule has 0 amide bonds. The van der Waals surface area contributed by atoms with E-state index in [4.69, 9.17) is 5.11 Å². The number of carbonyl (C=O) groups is 1. The molecule has 1 aromatic carbocycles.